The molecule has 0 spiro atoms. The zero-order valence-electron chi connectivity index (χ0n) is 12.1. The standard InChI is InChI=1S/C16H24BrNO/c1-12(2)10-15(17)11-18-16(19)9-8-14-6-4-13(3)5-7-14/h4-7,12,15H,8-11H2,1-3H3,(H,18,19). The van der Waals surface area contributed by atoms with Gasteiger partial charge in [0.2, 0.25) is 5.91 Å². The third kappa shape index (κ3) is 7.36. The Morgan fingerprint density at radius 3 is 2.47 bits per heavy atom. The molecule has 0 saturated heterocycles. The van der Waals surface area contributed by atoms with Crippen molar-refractivity contribution in [3.8, 4) is 0 Å². The maximum atomic E-state index is 11.7. The highest BCUT2D eigenvalue weighted by Gasteiger charge is 2.09. The summed E-state index contributed by atoms with van der Waals surface area (Å²) in [5.41, 5.74) is 2.47. The number of rotatable bonds is 7. The Morgan fingerprint density at radius 2 is 1.89 bits per heavy atom. The molecule has 1 unspecified atom stereocenters. The van der Waals surface area contributed by atoms with Crippen molar-refractivity contribution in [2.45, 2.75) is 44.9 Å². The van der Waals surface area contributed by atoms with Crippen LogP contribution < -0.4 is 5.32 Å². The lowest BCUT2D eigenvalue weighted by Gasteiger charge is -2.13. The molecule has 2 nitrogen and oxygen atoms in total. The Balaban J connectivity index is 2.22. The zero-order valence-corrected chi connectivity index (χ0v) is 13.7. The topological polar surface area (TPSA) is 29.1 Å². The Hall–Kier alpha value is -0.830. The molecule has 1 amide bonds. The number of carbonyl (C=O) groups excluding carboxylic acids is 1. The summed E-state index contributed by atoms with van der Waals surface area (Å²) in [5.74, 6) is 0.780. The lowest BCUT2D eigenvalue weighted by Crippen LogP contribution is -2.30. The number of hydrogen-bond acceptors (Lipinski definition) is 1. The van der Waals surface area contributed by atoms with Crippen molar-refractivity contribution in [3.05, 3.63) is 35.4 Å². The fourth-order valence-corrected chi connectivity index (χ4v) is 2.83. The van der Waals surface area contributed by atoms with E-state index in [0.717, 1.165) is 12.8 Å². The number of aryl methyl sites for hydroxylation is 2. The Bertz CT molecular complexity index is 386. The third-order valence-electron chi connectivity index (χ3n) is 3.01. The first-order valence-corrected chi connectivity index (χ1v) is 7.85. The van der Waals surface area contributed by atoms with Crippen LogP contribution in [0.5, 0.6) is 0 Å². The highest BCUT2D eigenvalue weighted by molar-refractivity contribution is 9.09. The minimum Gasteiger partial charge on any atom is -0.355 e. The summed E-state index contributed by atoms with van der Waals surface area (Å²) < 4.78 is 0. The Labute approximate surface area is 125 Å². The monoisotopic (exact) mass is 325 g/mol. The molecular formula is C16H24BrNO. The summed E-state index contributed by atoms with van der Waals surface area (Å²) >= 11 is 3.60. The molecule has 106 valence electrons. The normalized spacial score (nSPS) is 12.5. The maximum absolute atomic E-state index is 11.7. The average molecular weight is 326 g/mol. The first-order valence-electron chi connectivity index (χ1n) is 6.93. The van der Waals surface area contributed by atoms with Gasteiger partial charge < -0.3 is 5.32 Å². The van der Waals surface area contributed by atoms with Crippen LogP contribution in [0.3, 0.4) is 0 Å². The predicted molar refractivity (Wildman–Crippen MR) is 84.7 cm³/mol. The molecule has 1 atom stereocenters. The first-order chi connectivity index (χ1) is 8.97. The minimum absolute atomic E-state index is 0.133. The van der Waals surface area contributed by atoms with Gasteiger partial charge in [-0.25, -0.2) is 0 Å². The lowest BCUT2D eigenvalue weighted by atomic mass is 10.1. The molecule has 0 saturated carbocycles. The summed E-state index contributed by atoms with van der Waals surface area (Å²) in [4.78, 5) is 12.1. The highest BCUT2D eigenvalue weighted by Crippen LogP contribution is 2.11. The number of hydrogen-bond donors (Lipinski definition) is 1. The molecule has 0 heterocycles. The van der Waals surface area contributed by atoms with Crippen LogP contribution >= 0.6 is 15.9 Å². The fourth-order valence-electron chi connectivity index (χ4n) is 1.92. The first kappa shape index (κ1) is 16.2. The summed E-state index contributed by atoms with van der Waals surface area (Å²) in [5, 5.41) is 2.98. The van der Waals surface area contributed by atoms with Crippen LogP contribution in [0.1, 0.15) is 37.8 Å². The fraction of sp³-hybridized carbons (Fsp3) is 0.562. The molecule has 1 aromatic rings. The molecule has 0 aromatic heterocycles. The van der Waals surface area contributed by atoms with Gasteiger partial charge in [0.15, 0.2) is 0 Å². The van der Waals surface area contributed by atoms with Gasteiger partial charge in [0, 0.05) is 17.8 Å². The van der Waals surface area contributed by atoms with Gasteiger partial charge in [-0.2, -0.15) is 0 Å². The molecule has 0 aliphatic rings. The van der Waals surface area contributed by atoms with E-state index in [1.807, 2.05) is 0 Å². The van der Waals surface area contributed by atoms with E-state index >= 15 is 0 Å². The van der Waals surface area contributed by atoms with Gasteiger partial charge in [-0.3, -0.25) is 4.79 Å². The second-order valence-corrected chi connectivity index (χ2v) is 6.81. The Kier molecular flexibility index (Phi) is 7.14. The van der Waals surface area contributed by atoms with Crippen LogP contribution in [0.15, 0.2) is 24.3 Å². The SMILES string of the molecule is Cc1ccc(CCC(=O)NCC(Br)CC(C)C)cc1. The van der Waals surface area contributed by atoms with E-state index in [0.29, 0.717) is 23.7 Å². The average Bonchev–Trinajstić information content (AvgIpc) is 2.35. The van der Waals surface area contributed by atoms with Crippen LogP contribution in [-0.2, 0) is 11.2 Å². The highest BCUT2D eigenvalue weighted by atomic mass is 79.9. The quantitative estimate of drug-likeness (QED) is 0.758. The van der Waals surface area contributed by atoms with E-state index in [4.69, 9.17) is 0 Å². The number of halogens is 1. The molecule has 1 N–H and O–H groups in total. The lowest BCUT2D eigenvalue weighted by molar-refractivity contribution is -0.121. The van der Waals surface area contributed by atoms with E-state index < -0.39 is 0 Å². The summed E-state index contributed by atoms with van der Waals surface area (Å²) in [6, 6.07) is 8.36. The third-order valence-corrected chi connectivity index (χ3v) is 3.71. The van der Waals surface area contributed by atoms with Crippen molar-refractivity contribution in [1.82, 2.24) is 5.32 Å². The molecule has 0 aliphatic heterocycles. The van der Waals surface area contributed by atoms with Gasteiger partial charge in [0.25, 0.3) is 0 Å². The molecule has 0 fully saturated rings. The van der Waals surface area contributed by atoms with Gasteiger partial charge in [0.05, 0.1) is 0 Å². The number of alkyl halides is 1. The molecule has 0 bridgehead atoms. The van der Waals surface area contributed by atoms with Crippen molar-refractivity contribution in [2.75, 3.05) is 6.54 Å². The minimum atomic E-state index is 0.133. The molecule has 0 radical (unpaired) electrons. The smallest absolute Gasteiger partial charge is 0.220 e. The number of amides is 1. The van der Waals surface area contributed by atoms with Gasteiger partial charge in [-0.1, -0.05) is 59.6 Å². The maximum Gasteiger partial charge on any atom is 0.220 e. The van der Waals surface area contributed by atoms with Crippen molar-refractivity contribution in [1.29, 1.82) is 0 Å². The van der Waals surface area contributed by atoms with Crippen molar-refractivity contribution < 1.29 is 4.79 Å². The van der Waals surface area contributed by atoms with E-state index in [9.17, 15) is 4.79 Å². The van der Waals surface area contributed by atoms with Crippen LogP contribution in [0, 0.1) is 12.8 Å². The van der Waals surface area contributed by atoms with Gasteiger partial charge in [-0.05, 0) is 31.2 Å². The second kappa shape index (κ2) is 8.36. The van der Waals surface area contributed by atoms with E-state index in [1.54, 1.807) is 0 Å². The van der Waals surface area contributed by atoms with Crippen molar-refractivity contribution in [3.63, 3.8) is 0 Å². The van der Waals surface area contributed by atoms with Crippen LogP contribution in [0.25, 0.3) is 0 Å². The van der Waals surface area contributed by atoms with Gasteiger partial charge >= 0.3 is 0 Å². The number of nitrogens with one attached hydrogen (secondary N) is 1. The molecule has 0 aliphatic carbocycles. The van der Waals surface area contributed by atoms with E-state index in [-0.39, 0.29) is 5.91 Å². The van der Waals surface area contributed by atoms with Crippen LogP contribution in [0.2, 0.25) is 0 Å². The van der Waals surface area contributed by atoms with Gasteiger partial charge in [-0.15, -0.1) is 0 Å². The Morgan fingerprint density at radius 1 is 1.26 bits per heavy atom. The van der Waals surface area contributed by atoms with Gasteiger partial charge in [0.1, 0.15) is 0 Å². The predicted octanol–water partition coefficient (Wildman–Crippen LogP) is 3.85. The molecule has 19 heavy (non-hydrogen) atoms. The number of benzene rings is 1. The molecule has 1 aromatic carbocycles. The summed E-state index contributed by atoms with van der Waals surface area (Å²) in [6.07, 6.45) is 2.45. The molecular weight excluding hydrogens is 302 g/mol. The summed E-state index contributed by atoms with van der Waals surface area (Å²) in [7, 11) is 0. The van der Waals surface area contributed by atoms with Crippen molar-refractivity contribution >= 4 is 21.8 Å². The van der Waals surface area contributed by atoms with Crippen LogP contribution in [0.4, 0.5) is 0 Å². The number of carbonyl (C=O) groups is 1. The second-order valence-electron chi connectivity index (χ2n) is 5.52. The molecule has 1 rings (SSSR count). The van der Waals surface area contributed by atoms with Crippen molar-refractivity contribution in [2.24, 2.45) is 5.92 Å². The largest absolute Gasteiger partial charge is 0.355 e. The zero-order chi connectivity index (χ0) is 14.3. The van der Waals surface area contributed by atoms with E-state index in [2.05, 4.69) is 66.3 Å². The summed E-state index contributed by atoms with van der Waals surface area (Å²) in [6.45, 7) is 7.16. The van der Waals surface area contributed by atoms with E-state index in [1.165, 1.54) is 11.1 Å². The van der Waals surface area contributed by atoms with Crippen LogP contribution in [-0.4, -0.2) is 17.3 Å². The molecule has 3 heteroatoms.